The van der Waals surface area contributed by atoms with Crippen LogP contribution in [0.2, 0.25) is 0 Å². The Bertz CT molecular complexity index is 595. The first-order chi connectivity index (χ1) is 11.6. The third-order valence-corrected chi connectivity index (χ3v) is 5.77. The maximum Gasteiger partial charge on any atom is 0.254 e. The van der Waals surface area contributed by atoms with Gasteiger partial charge in [-0.1, -0.05) is 6.92 Å². The van der Waals surface area contributed by atoms with E-state index in [4.69, 9.17) is 9.47 Å². The van der Waals surface area contributed by atoms with Crippen molar-refractivity contribution in [2.24, 2.45) is 5.41 Å². The number of hydrogen-bond donors (Lipinski definition) is 1. The molecule has 0 radical (unpaired) electrons. The molecule has 0 aromatic heterocycles. The van der Waals surface area contributed by atoms with E-state index in [0.717, 1.165) is 37.7 Å². The van der Waals surface area contributed by atoms with E-state index in [-0.39, 0.29) is 24.0 Å². The molecular weight excluding hydrogens is 306 g/mol. The van der Waals surface area contributed by atoms with Crippen LogP contribution in [-0.4, -0.2) is 49.3 Å². The van der Waals surface area contributed by atoms with Gasteiger partial charge in [-0.15, -0.1) is 0 Å². The van der Waals surface area contributed by atoms with Crippen molar-refractivity contribution < 1.29 is 19.4 Å². The second-order valence-corrected chi connectivity index (χ2v) is 7.04. The van der Waals surface area contributed by atoms with Crippen molar-refractivity contribution in [3.05, 3.63) is 23.3 Å². The Morgan fingerprint density at radius 1 is 1.25 bits per heavy atom. The summed E-state index contributed by atoms with van der Waals surface area (Å²) in [6, 6.07) is 3.92. The van der Waals surface area contributed by atoms with Gasteiger partial charge in [0.2, 0.25) is 0 Å². The summed E-state index contributed by atoms with van der Waals surface area (Å²) in [6.45, 7) is 2.84. The molecule has 2 aliphatic heterocycles. The van der Waals surface area contributed by atoms with Crippen molar-refractivity contribution >= 4 is 5.91 Å². The van der Waals surface area contributed by atoms with Crippen molar-refractivity contribution in [2.75, 3.05) is 27.4 Å². The highest BCUT2D eigenvalue weighted by molar-refractivity contribution is 5.95. The summed E-state index contributed by atoms with van der Waals surface area (Å²) in [7, 11) is 3.23. The van der Waals surface area contributed by atoms with E-state index >= 15 is 0 Å². The van der Waals surface area contributed by atoms with Crippen LogP contribution in [0.25, 0.3) is 0 Å². The SMILES string of the molecule is CCc1c(OC)cc(C(=O)N2CC3(CO)CCC2CC3)cc1OC. The summed E-state index contributed by atoms with van der Waals surface area (Å²) in [5.41, 5.74) is 1.46. The summed E-state index contributed by atoms with van der Waals surface area (Å²) in [5, 5.41) is 9.79. The van der Waals surface area contributed by atoms with Gasteiger partial charge in [-0.2, -0.15) is 0 Å². The first-order valence-corrected chi connectivity index (χ1v) is 8.74. The van der Waals surface area contributed by atoms with Gasteiger partial charge in [0.05, 0.1) is 20.8 Å². The topological polar surface area (TPSA) is 59.0 Å². The maximum absolute atomic E-state index is 13.1. The summed E-state index contributed by atoms with van der Waals surface area (Å²) in [5.74, 6) is 1.40. The van der Waals surface area contributed by atoms with Crippen molar-refractivity contribution in [1.82, 2.24) is 4.90 Å². The third kappa shape index (κ3) is 2.75. The summed E-state index contributed by atoms with van der Waals surface area (Å²) in [6.07, 6.45) is 4.76. The molecule has 1 saturated carbocycles. The first kappa shape index (κ1) is 17.1. The van der Waals surface area contributed by atoms with Crippen molar-refractivity contribution in [3.8, 4) is 11.5 Å². The van der Waals surface area contributed by atoms with Gasteiger partial charge in [0, 0.05) is 29.1 Å². The average molecular weight is 333 g/mol. The molecule has 3 aliphatic rings. The van der Waals surface area contributed by atoms with Crippen LogP contribution in [0.15, 0.2) is 12.1 Å². The number of carbonyl (C=O) groups is 1. The number of ether oxygens (including phenoxy) is 2. The second-order valence-electron chi connectivity index (χ2n) is 7.04. The zero-order valence-electron chi connectivity index (χ0n) is 14.8. The van der Waals surface area contributed by atoms with Gasteiger partial charge >= 0.3 is 0 Å². The lowest BCUT2D eigenvalue weighted by atomic mass is 9.68. The Kier molecular flexibility index (Phi) is 4.72. The smallest absolute Gasteiger partial charge is 0.254 e. The molecule has 1 amide bonds. The van der Waals surface area contributed by atoms with E-state index < -0.39 is 0 Å². The zero-order valence-corrected chi connectivity index (χ0v) is 14.8. The highest BCUT2D eigenvalue weighted by Crippen LogP contribution is 2.45. The Morgan fingerprint density at radius 3 is 2.29 bits per heavy atom. The Hall–Kier alpha value is -1.75. The number of carbonyl (C=O) groups excluding carboxylic acids is 1. The molecule has 0 unspecified atom stereocenters. The lowest BCUT2D eigenvalue weighted by Crippen LogP contribution is -2.57. The van der Waals surface area contributed by atoms with Gasteiger partial charge in [-0.3, -0.25) is 4.79 Å². The molecule has 2 heterocycles. The van der Waals surface area contributed by atoms with Crippen LogP contribution >= 0.6 is 0 Å². The van der Waals surface area contributed by atoms with Crippen LogP contribution in [0.5, 0.6) is 11.5 Å². The number of benzene rings is 1. The largest absolute Gasteiger partial charge is 0.496 e. The molecule has 2 saturated heterocycles. The number of piperidine rings is 2. The van der Waals surface area contributed by atoms with Crippen molar-refractivity contribution in [1.29, 1.82) is 0 Å². The van der Waals surface area contributed by atoms with Crippen LogP contribution in [0.3, 0.4) is 0 Å². The number of nitrogens with zero attached hydrogens (tertiary/aromatic N) is 1. The molecule has 1 aromatic rings. The Labute approximate surface area is 143 Å². The number of fused-ring (bicyclic) bond motifs is 3. The zero-order chi connectivity index (χ0) is 17.3. The second kappa shape index (κ2) is 6.63. The molecular formula is C19H27NO4. The summed E-state index contributed by atoms with van der Waals surface area (Å²) in [4.78, 5) is 15.1. The fraction of sp³-hybridized carbons (Fsp3) is 0.632. The number of amides is 1. The van der Waals surface area contributed by atoms with E-state index in [1.54, 1.807) is 14.2 Å². The van der Waals surface area contributed by atoms with Crippen LogP contribution in [-0.2, 0) is 6.42 Å². The van der Waals surface area contributed by atoms with E-state index in [2.05, 4.69) is 0 Å². The predicted molar refractivity (Wildman–Crippen MR) is 91.7 cm³/mol. The van der Waals surface area contributed by atoms with Crippen LogP contribution in [0.4, 0.5) is 0 Å². The van der Waals surface area contributed by atoms with E-state index in [1.165, 1.54) is 0 Å². The molecule has 1 aromatic carbocycles. The van der Waals surface area contributed by atoms with Gasteiger partial charge in [-0.05, 0) is 44.2 Å². The monoisotopic (exact) mass is 333 g/mol. The van der Waals surface area contributed by atoms with Crippen LogP contribution in [0.1, 0.15) is 48.5 Å². The molecule has 2 bridgehead atoms. The lowest BCUT2D eigenvalue weighted by Gasteiger charge is -2.52. The predicted octanol–water partition coefficient (Wildman–Crippen LogP) is 2.64. The van der Waals surface area contributed by atoms with E-state index in [9.17, 15) is 9.90 Å². The molecule has 0 spiro atoms. The lowest BCUT2D eigenvalue weighted by molar-refractivity contribution is -0.0383. The van der Waals surface area contributed by atoms with Gasteiger partial charge in [0.1, 0.15) is 11.5 Å². The number of hydrogen-bond acceptors (Lipinski definition) is 4. The first-order valence-electron chi connectivity index (χ1n) is 8.74. The van der Waals surface area contributed by atoms with Crippen molar-refractivity contribution in [2.45, 2.75) is 45.1 Å². The number of methoxy groups -OCH3 is 2. The highest BCUT2D eigenvalue weighted by atomic mass is 16.5. The Balaban J connectivity index is 1.93. The van der Waals surface area contributed by atoms with E-state index in [1.807, 2.05) is 24.0 Å². The number of rotatable bonds is 5. The van der Waals surface area contributed by atoms with Gasteiger partial charge < -0.3 is 19.5 Å². The van der Waals surface area contributed by atoms with Gasteiger partial charge in [0.25, 0.3) is 5.91 Å². The summed E-state index contributed by atoms with van der Waals surface area (Å²) < 4.78 is 10.9. The molecule has 5 nitrogen and oxygen atoms in total. The van der Waals surface area contributed by atoms with Crippen LogP contribution < -0.4 is 9.47 Å². The normalized spacial score (nSPS) is 25.7. The summed E-state index contributed by atoms with van der Waals surface area (Å²) >= 11 is 0. The van der Waals surface area contributed by atoms with Crippen molar-refractivity contribution in [3.63, 3.8) is 0 Å². The molecule has 4 rings (SSSR count). The standard InChI is InChI=1S/C19H27NO4/c1-4-15-16(23-2)9-13(10-17(15)24-3)18(22)20-11-19(12-21)7-5-14(20)6-8-19/h9-10,14,21H,4-8,11-12H2,1-3H3. The minimum Gasteiger partial charge on any atom is -0.496 e. The fourth-order valence-electron chi connectivity index (χ4n) is 4.24. The Morgan fingerprint density at radius 2 is 1.83 bits per heavy atom. The number of aliphatic hydroxyl groups excluding tert-OH is 1. The van der Waals surface area contributed by atoms with E-state index in [0.29, 0.717) is 23.6 Å². The molecule has 3 fully saturated rings. The average Bonchev–Trinajstić information content (AvgIpc) is 2.66. The molecule has 1 N–H and O–H groups in total. The minimum absolute atomic E-state index is 0.0106. The van der Waals surface area contributed by atoms with Crippen LogP contribution in [0, 0.1) is 5.41 Å². The molecule has 5 heteroatoms. The maximum atomic E-state index is 13.1. The number of aliphatic hydroxyl groups is 1. The molecule has 1 aliphatic carbocycles. The minimum atomic E-state index is -0.109. The molecule has 24 heavy (non-hydrogen) atoms. The molecule has 132 valence electrons. The third-order valence-electron chi connectivity index (χ3n) is 5.77. The van der Waals surface area contributed by atoms with Gasteiger partial charge in [-0.25, -0.2) is 0 Å². The highest BCUT2D eigenvalue weighted by Gasteiger charge is 2.46. The van der Waals surface area contributed by atoms with Gasteiger partial charge in [0.15, 0.2) is 0 Å². The quantitative estimate of drug-likeness (QED) is 0.900. The fourth-order valence-corrected chi connectivity index (χ4v) is 4.24. The molecule has 0 atom stereocenters.